The van der Waals surface area contributed by atoms with E-state index in [2.05, 4.69) is 21.1 Å². The number of benzene rings is 1. The molecule has 2 aromatic rings. The molecular weight excluding hydrogens is 341 g/mol. The summed E-state index contributed by atoms with van der Waals surface area (Å²) in [6, 6.07) is 7.79. The van der Waals surface area contributed by atoms with Crippen LogP contribution in [0.4, 0.5) is 4.39 Å². The van der Waals surface area contributed by atoms with Crippen LogP contribution in [0, 0.1) is 12.7 Å². The Hall–Kier alpha value is -2.15. The summed E-state index contributed by atoms with van der Waals surface area (Å²) in [4.78, 5) is 12.4. The molecule has 0 bridgehead atoms. The first kappa shape index (κ1) is 15.2. The van der Waals surface area contributed by atoms with Crippen molar-refractivity contribution in [1.29, 1.82) is 0 Å². The zero-order chi connectivity index (χ0) is 15.6. The highest BCUT2D eigenvalue weighted by molar-refractivity contribution is 9.10. The number of rotatable bonds is 3. The summed E-state index contributed by atoms with van der Waals surface area (Å²) in [5, 5.41) is 11.5. The highest BCUT2D eigenvalue weighted by atomic mass is 79.9. The second kappa shape index (κ2) is 6.09. The van der Waals surface area contributed by atoms with E-state index in [1.54, 1.807) is 25.1 Å². The number of halogens is 2. The van der Waals surface area contributed by atoms with E-state index in [1.807, 2.05) is 0 Å². The highest BCUT2D eigenvalue weighted by Gasteiger charge is 2.12. The van der Waals surface area contributed by atoms with Crippen molar-refractivity contribution >= 4 is 21.8 Å². The molecule has 3 N–H and O–H groups in total. The molecule has 1 aromatic heterocycles. The molecule has 0 radical (unpaired) electrons. The third-order valence-corrected chi connectivity index (χ3v) is 4.02. The molecule has 0 amide bonds. The van der Waals surface area contributed by atoms with Gasteiger partial charge in [0.1, 0.15) is 5.82 Å². The van der Waals surface area contributed by atoms with E-state index in [0.29, 0.717) is 15.7 Å². The summed E-state index contributed by atoms with van der Waals surface area (Å²) in [6.45, 7) is 1.93. The van der Waals surface area contributed by atoms with E-state index in [-0.39, 0.29) is 17.9 Å². The number of nitrogens with two attached hydrogens (primary N) is 1. The fourth-order valence-electron chi connectivity index (χ4n) is 1.96. The van der Waals surface area contributed by atoms with Crippen LogP contribution in [0.1, 0.15) is 16.8 Å². The maximum Gasteiger partial charge on any atom is 0.262 e. The van der Waals surface area contributed by atoms with Crippen LogP contribution in [0.25, 0.3) is 0 Å². The van der Waals surface area contributed by atoms with Crippen LogP contribution in [0.15, 0.2) is 44.8 Å². The number of amidine groups is 1. The van der Waals surface area contributed by atoms with Crippen LogP contribution < -0.4 is 11.3 Å². The fourth-order valence-corrected chi connectivity index (χ4v) is 2.35. The third-order valence-electron chi connectivity index (χ3n) is 3.14. The third kappa shape index (κ3) is 2.97. The maximum atomic E-state index is 13.5. The molecule has 1 heterocycles. The van der Waals surface area contributed by atoms with Gasteiger partial charge in [0, 0.05) is 5.69 Å². The van der Waals surface area contributed by atoms with Crippen molar-refractivity contribution in [2.75, 3.05) is 0 Å². The Bertz CT molecular complexity index is 771. The van der Waals surface area contributed by atoms with Crippen LogP contribution in [0.3, 0.4) is 0 Å². The Morgan fingerprint density at radius 2 is 2.14 bits per heavy atom. The van der Waals surface area contributed by atoms with Gasteiger partial charge in [-0.15, -0.1) is 0 Å². The van der Waals surface area contributed by atoms with E-state index in [0.717, 1.165) is 0 Å². The number of hydrogen-bond donors (Lipinski definition) is 2. The summed E-state index contributed by atoms with van der Waals surface area (Å²) >= 11 is 3.17. The number of aryl methyl sites for hydroxylation is 1. The minimum absolute atomic E-state index is 0.0932. The van der Waals surface area contributed by atoms with Crippen LogP contribution in [0.2, 0.25) is 0 Å². The Morgan fingerprint density at radius 3 is 2.81 bits per heavy atom. The van der Waals surface area contributed by atoms with Crippen molar-refractivity contribution in [2.45, 2.75) is 13.5 Å². The average molecular weight is 354 g/mol. The summed E-state index contributed by atoms with van der Waals surface area (Å²) in [5.74, 6) is -0.655. The normalized spacial score (nSPS) is 11.7. The molecule has 0 fully saturated rings. The molecule has 0 aliphatic heterocycles. The highest BCUT2D eigenvalue weighted by Crippen LogP contribution is 2.21. The number of aromatic nitrogens is 1. The first-order valence-electron chi connectivity index (χ1n) is 6.07. The predicted molar refractivity (Wildman–Crippen MR) is 81.2 cm³/mol. The van der Waals surface area contributed by atoms with Gasteiger partial charge in [-0.1, -0.05) is 17.3 Å². The molecule has 110 valence electrons. The molecular formula is C14H13BrFN3O2. The van der Waals surface area contributed by atoms with Gasteiger partial charge in [-0.25, -0.2) is 4.39 Å². The first-order valence-corrected chi connectivity index (χ1v) is 6.86. The van der Waals surface area contributed by atoms with E-state index in [4.69, 9.17) is 10.9 Å². The lowest BCUT2D eigenvalue weighted by Gasteiger charge is -2.13. The molecule has 7 heteroatoms. The number of nitrogens with zero attached hydrogens (tertiary/aromatic N) is 2. The Labute approximate surface area is 128 Å². The van der Waals surface area contributed by atoms with Gasteiger partial charge in [0.15, 0.2) is 5.84 Å². The lowest BCUT2D eigenvalue weighted by atomic mass is 10.2. The molecule has 0 atom stereocenters. The van der Waals surface area contributed by atoms with Gasteiger partial charge in [-0.2, -0.15) is 0 Å². The average Bonchev–Trinajstić information content (AvgIpc) is 2.47. The van der Waals surface area contributed by atoms with E-state index in [1.165, 1.54) is 16.7 Å². The fraction of sp³-hybridized carbons (Fsp3) is 0.143. The number of oxime groups is 1. The second-order valence-electron chi connectivity index (χ2n) is 4.48. The molecule has 0 aliphatic carbocycles. The van der Waals surface area contributed by atoms with Gasteiger partial charge in [-0.3, -0.25) is 4.79 Å². The van der Waals surface area contributed by atoms with Gasteiger partial charge in [0.05, 0.1) is 16.6 Å². The van der Waals surface area contributed by atoms with E-state index < -0.39 is 11.4 Å². The van der Waals surface area contributed by atoms with Gasteiger partial charge >= 0.3 is 0 Å². The topological polar surface area (TPSA) is 80.6 Å². The van der Waals surface area contributed by atoms with Crippen molar-refractivity contribution in [3.63, 3.8) is 0 Å². The van der Waals surface area contributed by atoms with E-state index >= 15 is 0 Å². The van der Waals surface area contributed by atoms with Crippen molar-refractivity contribution in [3.8, 4) is 0 Å². The molecule has 2 rings (SSSR count). The van der Waals surface area contributed by atoms with Gasteiger partial charge in [0.2, 0.25) is 0 Å². The zero-order valence-corrected chi connectivity index (χ0v) is 12.8. The first-order chi connectivity index (χ1) is 9.95. The molecule has 5 nitrogen and oxygen atoms in total. The smallest absolute Gasteiger partial charge is 0.262 e. The Morgan fingerprint density at radius 1 is 1.43 bits per heavy atom. The standard InChI is InChI=1S/C14H13BrFN3O2/c1-8-5-6-10(13(17)18-21)14(20)19(8)7-9-3-2-4-11(16)12(9)15/h2-6,21H,7H2,1H3,(H2,17,18). The van der Waals surface area contributed by atoms with Crippen LogP contribution in [0.5, 0.6) is 0 Å². The van der Waals surface area contributed by atoms with Gasteiger partial charge < -0.3 is 15.5 Å². The minimum Gasteiger partial charge on any atom is -0.409 e. The van der Waals surface area contributed by atoms with E-state index in [9.17, 15) is 9.18 Å². The van der Waals surface area contributed by atoms with Gasteiger partial charge in [0.25, 0.3) is 5.56 Å². The summed E-state index contributed by atoms with van der Waals surface area (Å²) < 4.78 is 15.3. The zero-order valence-electron chi connectivity index (χ0n) is 11.2. The lowest BCUT2D eigenvalue weighted by molar-refractivity contribution is 0.318. The summed E-state index contributed by atoms with van der Waals surface area (Å²) in [7, 11) is 0. The lowest BCUT2D eigenvalue weighted by Crippen LogP contribution is -2.31. The van der Waals surface area contributed by atoms with Crippen LogP contribution in [-0.4, -0.2) is 15.6 Å². The van der Waals surface area contributed by atoms with Crippen molar-refractivity contribution in [3.05, 3.63) is 67.8 Å². The molecule has 0 saturated carbocycles. The molecule has 0 saturated heterocycles. The maximum absolute atomic E-state index is 13.5. The molecule has 0 unspecified atom stereocenters. The summed E-state index contributed by atoms with van der Waals surface area (Å²) in [6.07, 6.45) is 0. The van der Waals surface area contributed by atoms with Crippen molar-refractivity contribution in [2.24, 2.45) is 10.9 Å². The molecule has 1 aromatic carbocycles. The molecule has 0 aliphatic rings. The number of pyridine rings is 1. The molecule has 21 heavy (non-hydrogen) atoms. The second-order valence-corrected chi connectivity index (χ2v) is 5.27. The minimum atomic E-state index is -0.401. The SMILES string of the molecule is Cc1ccc(/C(N)=N/O)c(=O)n1Cc1cccc(F)c1Br. The largest absolute Gasteiger partial charge is 0.409 e. The quantitative estimate of drug-likeness (QED) is 0.384. The van der Waals surface area contributed by atoms with Crippen LogP contribution >= 0.6 is 15.9 Å². The Balaban J connectivity index is 2.54. The van der Waals surface area contributed by atoms with Crippen molar-refractivity contribution in [1.82, 2.24) is 4.57 Å². The van der Waals surface area contributed by atoms with Gasteiger partial charge in [-0.05, 0) is 46.6 Å². The predicted octanol–water partition coefficient (Wildman–Crippen LogP) is 2.20. The van der Waals surface area contributed by atoms with Crippen molar-refractivity contribution < 1.29 is 9.60 Å². The number of hydrogen-bond acceptors (Lipinski definition) is 3. The summed E-state index contributed by atoms with van der Waals surface area (Å²) in [5.41, 5.74) is 6.48. The molecule has 0 spiro atoms. The van der Waals surface area contributed by atoms with Crippen LogP contribution in [-0.2, 0) is 6.54 Å². The Kier molecular flexibility index (Phi) is 4.42. The monoisotopic (exact) mass is 353 g/mol.